The molecule has 0 saturated carbocycles. The third-order valence-corrected chi connectivity index (χ3v) is 6.77. The van der Waals surface area contributed by atoms with Crippen molar-refractivity contribution in [2.45, 2.75) is 79.6 Å². The molecule has 3 rings (SSSR count). The number of carbonyl (C=O) groups excluding carboxylic acids is 2. The smallest absolute Gasteiger partial charge is 0.256 e. The van der Waals surface area contributed by atoms with Gasteiger partial charge in [0.25, 0.3) is 5.91 Å². The Labute approximate surface area is 194 Å². The molecule has 0 aliphatic carbocycles. The summed E-state index contributed by atoms with van der Waals surface area (Å²) in [6.45, 7) is 14.7. The number of amides is 2. The van der Waals surface area contributed by atoms with Gasteiger partial charge < -0.3 is 15.1 Å². The van der Waals surface area contributed by atoms with E-state index < -0.39 is 0 Å². The highest BCUT2D eigenvalue weighted by Gasteiger charge is 2.26. The largest absolute Gasteiger partial charge is 0.371 e. The van der Waals surface area contributed by atoms with Crippen LogP contribution >= 0.6 is 0 Å². The lowest BCUT2D eigenvalue weighted by atomic mass is 9.84. The standard InChI is InChI=1S/C27H43N3O2/c1-20-11-15-29(16-12-20)24-10-9-22(28-25(31)17-21(2)19-27(3,4)5)18-23(24)26(32)30-13-7-6-8-14-30/h9-10,18,20-21H,6-8,11-17,19H2,1-5H3,(H,28,31)/t21-/m1/s1. The second-order valence-electron chi connectivity index (χ2n) is 11.4. The van der Waals surface area contributed by atoms with Crippen molar-refractivity contribution in [3.05, 3.63) is 23.8 Å². The van der Waals surface area contributed by atoms with Crippen molar-refractivity contribution < 1.29 is 9.59 Å². The second kappa shape index (κ2) is 10.7. The van der Waals surface area contributed by atoms with Crippen LogP contribution in [0.4, 0.5) is 11.4 Å². The Hall–Kier alpha value is -2.04. The van der Waals surface area contributed by atoms with Crippen LogP contribution in [0.15, 0.2) is 18.2 Å². The van der Waals surface area contributed by atoms with E-state index in [2.05, 4.69) is 44.8 Å². The van der Waals surface area contributed by atoms with E-state index in [1.807, 2.05) is 23.1 Å². The third-order valence-electron chi connectivity index (χ3n) is 6.77. The molecule has 2 aliphatic heterocycles. The number of hydrogen-bond donors (Lipinski definition) is 1. The molecule has 1 aromatic carbocycles. The van der Waals surface area contributed by atoms with Gasteiger partial charge in [-0.2, -0.15) is 0 Å². The lowest BCUT2D eigenvalue weighted by molar-refractivity contribution is -0.117. The summed E-state index contributed by atoms with van der Waals surface area (Å²) < 4.78 is 0. The fourth-order valence-corrected chi connectivity index (χ4v) is 5.22. The molecule has 178 valence electrons. The first-order valence-electron chi connectivity index (χ1n) is 12.6. The highest BCUT2D eigenvalue weighted by atomic mass is 16.2. The molecule has 1 aromatic rings. The second-order valence-corrected chi connectivity index (χ2v) is 11.4. The van der Waals surface area contributed by atoms with E-state index in [1.54, 1.807) is 0 Å². The maximum atomic E-state index is 13.5. The average Bonchev–Trinajstić information content (AvgIpc) is 2.73. The van der Waals surface area contributed by atoms with Crippen LogP contribution in [0.2, 0.25) is 0 Å². The van der Waals surface area contributed by atoms with Gasteiger partial charge in [0.1, 0.15) is 0 Å². The summed E-state index contributed by atoms with van der Waals surface area (Å²) in [6.07, 6.45) is 7.16. The van der Waals surface area contributed by atoms with Gasteiger partial charge in [-0.3, -0.25) is 9.59 Å². The van der Waals surface area contributed by atoms with Crippen LogP contribution in [-0.2, 0) is 4.79 Å². The number of nitrogens with one attached hydrogen (secondary N) is 1. The molecule has 2 aliphatic rings. The number of likely N-dealkylation sites (tertiary alicyclic amines) is 1. The Morgan fingerprint density at radius 1 is 1.06 bits per heavy atom. The normalized spacial score (nSPS) is 19.0. The molecule has 2 amide bonds. The molecule has 0 radical (unpaired) electrons. The van der Waals surface area contributed by atoms with Crippen molar-refractivity contribution in [3.8, 4) is 0 Å². The molecule has 0 spiro atoms. The Morgan fingerprint density at radius 2 is 1.72 bits per heavy atom. The van der Waals surface area contributed by atoms with Gasteiger partial charge in [0, 0.05) is 44.0 Å². The quantitative estimate of drug-likeness (QED) is 0.593. The van der Waals surface area contributed by atoms with Crippen LogP contribution in [0.3, 0.4) is 0 Å². The Kier molecular flexibility index (Phi) is 8.24. The molecule has 1 N–H and O–H groups in total. The van der Waals surface area contributed by atoms with Crippen molar-refractivity contribution in [3.63, 3.8) is 0 Å². The van der Waals surface area contributed by atoms with Crippen molar-refractivity contribution >= 4 is 23.2 Å². The van der Waals surface area contributed by atoms with E-state index >= 15 is 0 Å². The van der Waals surface area contributed by atoms with E-state index in [0.717, 1.165) is 81.1 Å². The van der Waals surface area contributed by atoms with E-state index in [0.29, 0.717) is 12.3 Å². The molecule has 0 unspecified atom stereocenters. The number of benzene rings is 1. The molecule has 5 heteroatoms. The zero-order valence-electron chi connectivity index (χ0n) is 20.9. The van der Waals surface area contributed by atoms with Gasteiger partial charge in [-0.25, -0.2) is 0 Å². The minimum atomic E-state index is 0.0256. The van der Waals surface area contributed by atoms with Gasteiger partial charge in [-0.05, 0) is 74.0 Å². The van der Waals surface area contributed by atoms with Crippen LogP contribution in [0.1, 0.15) is 89.9 Å². The van der Waals surface area contributed by atoms with Crippen molar-refractivity contribution in [2.24, 2.45) is 17.3 Å². The van der Waals surface area contributed by atoms with Gasteiger partial charge >= 0.3 is 0 Å². The van der Waals surface area contributed by atoms with Crippen LogP contribution in [0.5, 0.6) is 0 Å². The topological polar surface area (TPSA) is 52.7 Å². The van der Waals surface area contributed by atoms with Gasteiger partial charge in [0.15, 0.2) is 0 Å². The molecule has 2 fully saturated rings. The Bertz CT molecular complexity index is 785. The number of piperidine rings is 2. The predicted molar refractivity (Wildman–Crippen MR) is 133 cm³/mol. The molecule has 2 saturated heterocycles. The number of nitrogens with zero attached hydrogens (tertiary/aromatic N) is 2. The van der Waals surface area contributed by atoms with E-state index in [4.69, 9.17) is 0 Å². The van der Waals surface area contributed by atoms with Gasteiger partial charge in [0.2, 0.25) is 5.91 Å². The molecule has 32 heavy (non-hydrogen) atoms. The minimum absolute atomic E-state index is 0.0256. The Balaban J connectivity index is 1.77. The highest BCUT2D eigenvalue weighted by Crippen LogP contribution is 2.31. The number of hydrogen-bond acceptors (Lipinski definition) is 3. The van der Waals surface area contributed by atoms with Crippen LogP contribution in [0.25, 0.3) is 0 Å². The molecule has 5 nitrogen and oxygen atoms in total. The summed E-state index contributed by atoms with van der Waals surface area (Å²) in [6, 6.07) is 5.92. The maximum absolute atomic E-state index is 13.5. The zero-order valence-corrected chi connectivity index (χ0v) is 20.9. The SMILES string of the molecule is CC1CCN(c2ccc(NC(=O)C[C@@H](C)CC(C)(C)C)cc2C(=O)N2CCCCC2)CC1. The van der Waals surface area contributed by atoms with Crippen LogP contribution in [0, 0.1) is 17.3 Å². The summed E-state index contributed by atoms with van der Waals surface area (Å²) in [7, 11) is 0. The monoisotopic (exact) mass is 441 g/mol. The molecule has 0 aromatic heterocycles. The molecular formula is C27H43N3O2. The molecule has 1 atom stereocenters. The summed E-state index contributed by atoms with van der Waals surface area (Å²) in [4.78, 5) is 30.5. The molecule has 0 bridgehead atoms. The van der Waals surface area contributed by atoms with Crippen molar-refractivity contribution in [1.82, 2.24) is 4.90 Å². The first kappa shape index (κ1) is 24.6. The number of carbonyl (C=O) groups is 2. The van der Waals surface area contributed by atoms with E-state index in [9.17, 15) is 9.59 Å². The highest BCUT2D eigenvalue weighted by molar-refractivity contribution is 6.02. The lowest BCUT2D eigenvalue weighted by Crippen LogP contribution is -2.38. The van der Waals surface area contributed by atoms with E-state index in [1.165, 1.54) is 6.42 Å². The summed E-state index contributed by atoms with van der Waals surface area (Å²) in [5.74, 6) is 1.19. The fourth-order valence-electron chi connectivity index (χ4n) is 5.22. The minimum Gasteiger partial charge on any atom is -0.371 e. The molecule has 2 heterocycles. The Morgan fingerprint density at radius 3 is 2.34 bits per heavy atom. The summed E-state index contributed by atoms with van der Waals surface area (Å²) >= 11 is 0. The van der Waals surface area contributed by atoms with Crippen LogP contribution < -0.4 is 10.2 Å². The molecular weight excluding hydrogens is 398 g/mol. The first-order valence-corrected chi connectivity index (χ1v) is 12.6. The summed E-state index contributed by atoms with van der Waals surface area (Å²) in [5, 5.41) is 3.07. The van der Waals surface area contributed by atoms with Crippen molar-refractivity contribution in [1.29, 1.82) is 0 Å². The van der Waals surface area contributed by atoms with E-state index in [-0.39, 0.29) is 17.2 Å². The predicted octanol–water partition coefficient (Wildman–Crippen LogP) is 5.95. The van der Waals surface area contributed by atoms with Crippen molar-refractivity contribution in [2.75, 3.05) is 36.4 Å². The first-order chi connectivity index (χ1) is 15.1. The fraction of sp³-hybridized carbons (Fsp3) is 0.704. The van der Waals surface area contributed by atoms with Gasteiger partial charge in [-0.1, -0.05) is 34.6 Å². The maximum Gasteiger partial charge on any atom is 0.256 e. The third kappa shape index (κ3) is 6.98. The lowest BCUT2D eigenvalue weighted by Gasteiger charge is -2.35. The van der Waals surface area contributed by atoms with Gasteiger partial charge in [-0.15, -0.1) is 0 Å². The number of rotatable bonds is 6. The number of anilines is 2. The van der Waals surface area contributed by atoms with Crippen LogP contribution in [-0.4, -0.2) is 42.9 Å². The zero-order chi connectivity index (χ0) is 23.3. The average molecular weight is 442 g/mol. The van der Waals surface area contributed by atoms with Gasteiger partial charge in [0.05, 0.1) is 5.56 Å². The summed E-state index contributed by atoms with van der Waals surface area (Å²) in [5.41, 5.74) is 2.70.